The van der Waals surface area contributed by atoms with Crippen LogP contribution in [0, 0.1) is 5.82 Å². The maximum atomic E-state index is 13.5. The summed E-state index contributed by atoms with van der Waals surface area (Å²) in [4.78, 5) is 12.5. The summed E-state index contributed by atoms with van der Waals surface area (Å²) in [5.41, 5.74) is 5.19. The molecule has 5 heteroatoms. The summed E-state index contributed by atoms with van der Waals surface area (Å²) in [6.45, 7) is 0.0691. The zero-order valence-corrected chi connectivity index (χ0v) is 15.8. The first-order valence-electron chi connectivity index (χ1n) is 9.65. The zero-order chi connectivity index (χ0) is 20.2. The number of nitrogens with one attached hydrogen (secondary N) is 1. The molecule has 1 aliphatic rings. The highest BCUT2D eigenvalue weighted by molar-refractivity contribution is 5.79. The molecule has 1 unspecified atom stereocenters. The second-order valence-corrected chi connectivity index (χ2v) is 7.09. The molecule has 3 aromatic rings. The Bertz CT molecular complexity index is 975. The second kappa shape index (κ2) is 8.45. The van der Waals surface area contributed by atoms with Gasteiger partial charge in [-0.15, -0.1) is 0 Å². The van der Waals surface area contributed by atoms with E-state index in [0.717, 1.165) is 22.3 Å². The molecule has 0 spiro atoms. The Morgan fingerprint density at radius 3 is 2.28 bits per heavy atom. The number of ether oxygens (including phenoxy) is 1. The Balaban J connectivity index is 1.47. The summed E-state index contributed by atoms with van der Waals surface area (Å²) in [6, 6.07) is 21.7. The molecule has 2 N–H and O–H groups in total. The number of aliphatic hydroxyl groups excluding tert-OH is 1. The van der Waals surface area contributed by atoms with Crippen LogP contribution < -0.4 is 5.32 Å². The molecule has 0 fully saturated rings. The van der Waals surface area contributed by atoms with Gasteiger partial charge in [-0.3, -0.25) is 0 Å². The van der Waals surface area contributed by atoms with Crippen LogP contribution in [0.5, 0.6) is 0 Å². The van der Waals surface area contributed by atoms with Crippen molar-refractivity contribution in [3.63, 3.8) is 0 Å². The number of benzene rings is 3. The number of carbonyl (C=O) groups excluding carboxylic acids is 1. The number of halogens is 1. The van der Waals surface area contributed by atoms with E-state index in [1.165, 1.54) is 12.1 Å². The van der Waals surface area contributed by atoms with Gasteiger partial charge in [-0.2, -0.15) is 0 Å². The molecular formula is C24H22FNO3. The highest BCUT2D eigenvalue weighted by Gasteiger charge is 2.29. The van der Waals surface area contributed by atoms with Crippen LogP contribution in [0.4, 0.5) is 9.18 Å². The summed E-state index contributed by atoms with van der Waals surface area (Å²) in [5.74, 6) is -0.418. The minimum absolute atomic E-state index is 0.0291. The lowest BCUT2D eigenvalue weighted by atomic mass is 9.98. The molecule has 0 aliphatic heterocycles. The molecule has 0 heterocycles. The largest absolute Gasteiger partial charge is 0.449 e. The van der Waals surface area contributed by atoms with Gasteiger partial charge in [0.15, 0.2) is 0 Å². The fourth-order valence-electron chi connectivity index (χ4n) is 3.96. The van der Waals surface area contributed by atoms with E-state index in [1.54, 1.807) is 12.1 Å². The van der Waals surface area contributed by atoms with E-state index in [2.05, 4.69) is 29.6 Å². The number of hydrogen-bond acceptors (Lipinski definition) is 3. The lowest BCUT2D eigenvalue weighted by molar-refractivity contribution is 0.136. The van der Waals surface area contributed by atoms with Crippen molar-refractivity contribution in [1.82, 2.24) is 5.32 Å². The number of hydrogen-bond donors (Lipinski definition) is 2. The monoisotopic (exact) mass is 391 g/mol. The van der Waals surface area contributed by atoms with E-state index in [9.17, 15) is 14.3 Å². The lowest BCUT2D eigenvalue weighted by Crippen LogP contribution is -2.31. The van der Waals surface area contributed by atoms with E-state index in [4.69, 9.17) is 4.74 Å². The molecule has 148 valence electrons. The van der Waals surface area contributed by atoms with Gasteiger partial charge in [0.25, 0.3) is 0 Å². The Labute approximate surface area is 169 Å². The molecule has 4 nitrogen and oxygen atoms in total. The number of alkyl carbamates (subject to hydrolysis) is 1. The average molecular weight is 391 g/mol. The van der Waals surface area contributed by atoms with E-state index >= 15 is 0 Å². The number of fused-ring (bicyclic) bond motifs is 3. The Kier molecular flexibility index (Phi) is 5.58. The van der Waals surface area contributed by atoms with Crippen LogP contribution in [-0.2, 0) is 4.74 Å². The van der Waals surface area contributed by atoms with Gasteiger partial charge in [-0.1, -0.05) is 60.7 Å². The normalized spacial score (nSPS) is 13.4. The fraction of sp³-hybridized carbons (Fsp3) is 0.208. The molecule has 3 aromatic carbocycles. The number of carbonyl (C=O) groups is 1. The van der Waals surface area contributed by atoms with Crippen LogP contribution in [0.15, 0.2) is 72.8 Å². The molecule has 0 saturated carbocycles. The first kappa shape index (κ1) is 19.2. The van der Waals surface area contributed by atoms with E-state index in [-0.39, 0.29) is 31.4 Å². The van der Waals surface area contributed by atoms with Crippen molar-refractivity contribution in [2.24, 2.45) is 0 Å². The SMILES string of the molecule is O=C(NC(CCO)c1cccc(F)c1)OCC1c2ccccc2-c2ccccc21. The van der Waals surface area contributed by atoms with Crippen molar-refractivity contribution < 1.29 is 19.0 Å². The summed E-state index contributed by atoms with van der Waals surface area (Å²) in [5, 5.41) is 12.1. The van der Waals surface area contributed by atoms with Crippen molar-refractivity contribution in [2.75, 3.05) is 13.2 Å². The van der Waals surface area contributed by atoms with Gasteiger partial charge in [0.1, 0.15) is 12.4 Å². The number of amides is 1. The highest BCUT2D eigenvalue weighted by atomic mass is 19.1. The summed E-state index contributed by atoms with van der Waals surface area (Å²) < 4.78 is 19.1. The van der Waals surface area contributed by atoms with Crippen LogP contribution in [0.2, 0.25) is 0 Å². The van der Waals surface area contributed by atoms with Gasteiger partial charge in [0.05, 0.1) is 6.04 Å². The summed E-state index contributed by atoms with van der Waals surface area (Å²) >= 11 is 0. The van der Waals surface area contributed by atoms with Crippen LogP contribution in [-0.4, -0.2) is 24.4 Å². The first-order chi connectivity index (χ1) is 14.2. The third-order valence-electron chi connectivity index (χ3n) is 5.30. The molecule has 1 amide bonds. The fourth-order valence-corrected chi connectivity index (χ4v) is 3.96. The Morgan fingerprint density at radius 1 is 1.00 bits per heavy atom. The van der Waals surface area contributed by atoms with E-state index in [1.807, 2.05) is 24.3 Å². The Hall–Kier alpha value is -3.18. The van der Waals surface area contributed by atoms with Crippen molar-refractivity contribution in [2.45, 2.75) is 18.4 Å². The number of aliphatic hydroxyl groups is 1. The molecule has 0 saturated heterocycles. The van der Waals surface area contributed by atoms with Crippen LogP contribution in [0.25, 0.3) is 11.1 Å². The van der Waals surface area contributed by atoms with Gasteiger partial charge < -0.3 is 15.2 Å². The standard InChI is InChI=1S/C24H22FNO3/c25-17-7-5-6-16(14-17)23(12-13-27)26-24(28)29-15-22-20-10-3-1-8-18(20)19-9-2-4-11-21(19)22/h1-11,14,22-23,27H,12-13,15H2,(H,26,28). The summed E-state index contributed by atoms with van der Waals surface area (Å²) in [7, 11) is 0. The summed E-state index contributed by atoms with van der Waals surface area (Å²) in [6.07, 6.45) is -0.317. The molecule has 0 radical (unpaired) electrons. The van der Waals surface area contributed by atoms with E-state index in [0.29, 0.717) is 5.56 Å². The average Bonchev–Trinajstić information content (AvgIpc) is 3.06. The molecule has 4 rings (SSSR count). The predicted octanol–water partition coefficient (Wildman–Crippen LogP) is 4.79. The third kappa shape index (κ3) is 4.00. The third-order valence-corrected chi connectivity index (χ3v) is 5.30. The topological polar surface area (TPSA) is 58.6 Å². The molecule has 29 heavy (non-hydrogen) atoms. The second-order valence-electron chi connectivity index (χ2n) is 7.09. The molecule has 0 bridgehead atoms. The smallest absolute Gasteiger partial charge is 0.407 e. The molecule has 0 aromatic heterocycles. The van der Waals surface area contributed by atoms with Crippen molar-refractivity contribution in [3.05, 3.63) is 95.3 Å². The minimum atomic E-state index is -0.588. The van der Waals surface area contributed by atoms with Crippen molar-refractivity contribution >= 4 is 6.09 Å². The highest BCUT2D eigenvalue weighted by Crippen LogP contribution is 2.44. The van der Waals surface area contributed by atoms with Crippen LogP contribution >= 0.6 is 0 Å². The predicted molar refractivity (Wildman–Crippen MR) is 109 cm³/mol. The van der Waals surface area contributed by atoms with Gasteiger partial charge in [-0.25, -0.2) is 9.18 Å². The van der Waals surface area contributed by atoms with Gasteiger partial charge in [0.2, 0.25) is 0 Å². The van der Waals surface area contributed by atoms with Crippen molar-refractivity contribution in [1.29, 1.82) is 0 Å². The van der Waals surface area contributed by atoms with Crippen LogP contribution in [0.3, 0.4) is 0 Å². The zero-order valence-electron chi connectivity index (χ0n) is 15.8. The minimum Gasteiger partial charge on any atom is -0.449 e. The van der Waals surface area contributed by atoms with E-state index < -0.39 is 12.1 Å². The van der Waals surface area contributed by atoms with Gasteiger partial charge in [0, 0.05) is 12.5 Å². The van der Waals surface area contributed by atoms with Gasteiger partial charge >= 0.3 is 6.09 Å². The lowest BCUT2D eigenvalue weighted by Gasteiger charge is -2.20. The molecular weight excluding hydrogens is 369 g/mol. The number of rotatable bonds is 6. The molecule has 1 aliphatic carbocycles. The maximum absolute atomic E-state index is 13.5. The maximum Gasteiger partial charge on any atom is 0.407 e. The van der Waals surface area contributed by atoms with Gasteiger partial charge in [-0.05, 0) is 46.4 Å². The molecule has 1 atom stereocenters. The quantitative estimate of drug-likeness (QED) is 0.635. The Morgan fingerprint density at radius 2 is 1.66 bits per heavy atom. The van der Waals surface area contributed by atoms with Crippen molar-refractivity contribution in [3.8, 4) is 11.1 Å². The first-order valence-corrected chi connectivity index (χ1v) is 9.65. The van der Waals surface area contributed by atoms with Crippen LogP contribution in [0.1, 0.15) is 35.1 Å².